The van der Waals surface area contributed by atoms with Crippen LogP contribution >= 0.6 is 0 Å². The molecule has 3 rings (SSSR count). The van der Waals surface area contributed by atoms with E-state index in [0.717, 1.165) is 28.8 Å². The second kappa shape index (κ2) is 2.89. The second-order valence-corrected chi connectivity index (χ2v) is 4.17. The smallest absolute Gasteiger partial charge is 0.135 e. The van der Waals surface area contributed by atoms with E-state index in [0.29, 0.717) is 5.92 Å². The Morgan fingerprint density at radius 1 is 1.40 bits per heavy atom. The van der Waals surface area contributed by atoms with Crippen LogP contribution in [0.15, 0.2) is 28.7 Å². The van der Waals surface area contributed by atoms with E-state index in [9.17, 15) is 0 Å². The van der Waals surface area contributed by atoms with Gasteiger partial charge in [0.15, 0.2) is 0 Å². The van der Waals surface area contributed by atoms with Crippen molar-refractivity contribution in [2.24, 2.45) is 0 Å². The lowest BCUT2D eigenvalue weighted by molar-refractivity contribution is 0.504. The number of benzene rings is 1. The summed E-state index contributed by atoms with van der Waals surface area (Å²) in [7, 11) is 0. The molecule has 1 atom stereocenters. The Balaban J connectivity index is 2.37. The van der Waals surface area contributed by atoms with Crippen molar-refractivity contribution in [3.8, 4) is 0 Å². The number of hydrogen-bond acceptors (Lipinski definition) is 2. The number of allylic oxidation sites excluding steroid dienone is 1. The summed E-state index contributed by atoms with van der Waals surface area (Å²) in [6.45, 7) is 2.19. The normalized spacial score (nSPS) is 19.4. The summed E-state index contributed by atoms with van der Waals surface area (Å²) in [5.74, 6) is 1.57. The van der Waals surface area contributed by atoms with Crippen molar-refractivity contribution in [3.63, 3.8) is 0 Å². The Labute approximate surface area is 88.4 Å². The molecule has 0 amide bonds. The van der Waals surface area contributed by atoms with Crippen molar-refractivity contribution >= 4 is 22.7 Å². The first-order valence-corrected chi connectivity index (χ1v) is 5.24. The van der Waals surface area contributed by atoms with Crippen molar-refractivity contribution in [1.82, 2.24) is 0 Å². The Bertz CT molecular complexity index is 551. The maximum absolute atomic E-state index is 5.85. The molecule has 0 saturated heterocycles. The van der Waals surface area contributed by atoms with Gasteiger partial charge in [-0.2, -0.15) is 0 Å². The molecular formula is C13H13NO. The average Bonchev–Trinajstić information content (AvgIpc) is 2.58. The van der Waals surface area contributed by atoms with Crippen LogP contribution in [-0.2, 0) is 0 Å². The molecule has 2 nitrogen and oxygen atoms in total. The highest BCUT2D eigenvalue weighted by Gasteiger charge is 2.19. The van der Waals surface area contributed by atoms with Crippen LogP contribution in [0.1, 0.15) is 30.6 Å². The van der Waals surface area contributed by atoms with E-state index in [2.05, 4.69) is 19.1 Å². The van der Waals surface area contributed by atoms with Gasteiger partial charge in [0.2, 0.25) is 0 Å². The molecule has 0 saturated carbocycles. The lowest BCUT2D eigenvalue weighted by Crippen LogP contribution is -1.95. The summed E-state index contributed by atoms with van der Waals surface area (Å²) < 4.78 is 5.85. The number of furan rings is 1. The molecule has 76 valence electrons. The Morgan fingerprint density at radius 2 is 2.27 bits per heavy atom. The molecule has 2 heteroatoms. The van der Waals surface area contributed by atoms with Gasteiger partial charge >= 0.3 is 0 Å². The predicted molar refractivity (Wildman–Crippen MR) is 62.7 cm³/mol. The van der Waals surface area contributed by atoms with Crippen LogP contribution in [0.3, 0.4) is 0 Å². The minimum atomic E-state index is 0.471. The summed E-state index contributed by atoms with van der Waals surface area (Å²) in [5, 5.41) is 1.13. The lowest BCUT2D eigenvalue weighted by atomic mass is 9.94. The first kappa shape index (κ1) is 8.60. The van der Waals surface area contributed by atoms with E-state index in [1.54, 1.807) is 0 Å². The number of anilines is 1. The highest BCUT2D eigenvalue weighted by molar-refractivity contribution is 5.91. The van der Waals surface area contributed by atoms with Crippen molar-refractivity contribution in [1.29, 1.82) is 0 Å². The third kappa shape index (κ3) is 1.18. The Hall–Kier alpha value is -1.70. The van der Waals surface area contributed by atoms with Gasteiger partial charge in [0.1, 0.15) is 11.3 Å². The minimum Gasteiger partial charge on any atom is -0.460 e. The monoisotopic (exact) mass is 199 g/mol. The molecule has 0 fully saturated rings. The van der Waals surface area contributed by atoms with Gasteiger partial charge in [-0.3, -0.25) is 0 Å². The standard InChI is InChI=1S/C13H13NO/c1-8-3-2-4-10-11-7-9(14)5-6-12(11)15-13(8)10/h2,4-8H,3,14H2,1H3. The fourth-order valence-electron chi connectivity index (χ4n) is 2.19. The molecule has 1 aliphatic carbocycles. The van der Waals surface area contributed by atoms with Crippen LogP contribution in [-0.4, -0.2) is 0 Å². The third-order valence-electron chi connectivity index (χ3n) is 3.00. The minimum absolute atomic E-state index is 0.471. The van der Waals surface area contributed by atoms with Gasteiger partial charge in [-0.05, 0) is 24.6 Å². The quantitative estimate of drug-likeness (QED) is 0.659. The molecule has 0 spiro atoms. The second-order valence-electron chi connectivity index (χ2n) is 4.17. The van der Waals surface area contributed by atoms with E-state index in [-0.39, 0.29) is 0 Å². The van der Waals surface area contributed by atoms with Gasteiger partial charge in [0, 0.05) is 22.6 Å². The zero-order valence-corrected chi connectivity index (χ0v) is 8.66. The number of nitrogen functional groups attached to an aromatic ring is 1. The zero-order chi connectivity index (χ0) is 10.4. The summed E-state index contributed by atoms with van der Waals surface area (Å²) in [6.07, 6.45) is 5.40. The molecule has 1 heterocycles. The van der Waals surface area contributed by atoms with E-state index >= 15 is 0 Å². The van der Waals surface area contributed by atoms with Crippen LogP contribution in [0, 0.1) is 0 Å². The highest BCUT2D eigenvalue weighted by Crippen LogP contribution is 2.37. The molecule has 1 aromatic heterocycles. The molecule has 15 heavy (non-hydrogen) atoms. The van der Waals surface area contributed by atoms with Crippen LogP contribution < -0.4 is 5.73 Å². The fraction of sp³-hybridized carbons (Fsp3) is 0.231. The SMILES string of the molecule is CC1CC=Cc2c1oc1ccc(N)cc21. The first-order chi connectivity index (χ1) is 7.25. The third-order valence-corrected chi connectivity index (χ3v) is 3.00. The van der Waals surface area contributed by atoms with Crippen LogP contribution in [0.2, 0.25) is 0 Å². The molecule has 0 bridgehead atoms. The van der Waals surface area contributed by atoms with Crippen LogP contribution in [0.4, 0.5) is 5.69 Å². The van der Waals surface area contributed by atoms with Gasteiger partial charge in [-0.1, -0.05) is 19.1 Å². The molecule has 2 aromatic rings. The van der Waals surface area contributed by atoms with E-state index in [4.69, 9.17) is 10.2 Å². The number of nitrogens with two attached hydrogens (primary N) is 1. The maximum Gasteiger partial charge on any atom is 0.135 e. The molecule has 1 unspecified atom stereocenters. The van der Waals surface area contributed by atoms with Gasteiger partial charge in [0.05, 0.1) is 0 Å². The van der Waals surface area contributed by atoms with E-state index in [1.165, 1.54) is 5.56 Å². The lowest BCUT2D eigenvalue weighted by Gasteiger charge is -2.10. The largest absolute Gasteiger partial charge is 0.460 e. The predicted octanol–water partition coefficient (Wildman–Crippen LogP) is 3.54. The molecule has 0 aliphatic heterocycles. The number of rotatable bonds is 0. The Kier molecular flexibility index (Phi) is 1.66. The van der Waals surface area contributed by atoms with E-state index in [1.807, 2.05) is 18.2 Å². The summed E-state index contributed by atoms with van der Waals surface area (Å²) >= 11 is 0. The number of hydrogen-bond donors (Lipinski definition) is 1. The van der Waals surface area contributed by atoms with Crippen LogP contribution in [0.25, 0.3) is 17.0 Å². The van der Waals surface area contributed by atoms with Gasteiger partial charge in [0.25, 0.3) is 0 Å². The van der Waals surface area contributed by atoms with Crippen molar-refractivity contribution in [3.05, 3.63) is 35.6 Å². The van der Waals surface area contributed by atoms with Gasteiger partial charge in [-0.25, -0.2) is 0 Å². The van der Waals surface area contributed by atoms with Crippen LogP contribution in [0.5, 0.6) is 0 Å². The van der Waals surface area contributed by atoms with Crippen molar-refractivity contribution in [2.75, 3.05) is 5.73 Å². The number of fused-ring (bicyclic) bond motifs is 3. The topological polar surface area (TPSA) is 39.2 Å². The van der Waals surface area contributed by atoms with Gasteiger partial charge in [-0.15, -0.1) is 0 Å². The fourth-order valence-corrected chi connectivity index (χ4v) is 2.19. The average molecular weight is 199 g/mol. The molecule has 0 radical (unpaired) electrons. The molecule has 1 aliphatic rings. The molecular weight excluding hydrogens is 186 g/mol. The zero-order valence-electron chi connectivity index (χ0n) is 8.66. The first-order valence-electron chi connectivity index (χ1n) is 5.24. The van der Waals surface area contributed by atoms with Crippen molar-refractivity contribution < 1.29 is 4.42 Å². The maximum atomic E-state index is 5.85. The summed E-state index contributed by atoms with van der Waals surface area (Å²) in [6, 6.07) is 5.81. The van der Waals surface area contributed by atoms with Crippen molar-refractivity contribution in [2.45, 2.75) is 19.3 Å². The Morgan fingerprint density at radius 3 is 3.13 bits per heavy atom. The summed E-state index contributed by atoms with van der Waals surface area (Å²) in [4.78, 5) is 0. The van der Waals surface area contributed by atoms with E-state index < -0.39 is 0 Å². The molecule has 2 N–H and O–H groups in total. The molecule has 1 aromatic carbocycles. The highest BCUT2D eigenvalue weighted by atomic mass is 16.3. The summed E-state index contributed by atoms with van der Waals surface area (Å²) in [5.41, 5.74) is 8.72. The van der Waals surface area contributed by atoms with Gasteiger partial charge < -0.3 is 10.2 Å².